The number of nitrogens with one attached hydrogen (secondary N) is 1. The Labute approximate surface area is 156 Å². The molecule has 2 N–H and O–H groups in total. The summed E-state index contributed by atoms with van der Waals surface area (Å²) < 4.78 is 7.31. The van der Waals surface area contributed by atoms with Crippen LogP contribution in [0.4, 0.5) is 0 Å². The van der Waals surface area contributed by atoms with Crippen LogP contribution in [-0.4, -0.2) is 25.8 Å². The van der Waals surface area contributed by atoms with Gasteiger partial charge >= 0.3 is 5.97 Å². The monoisotopic (exact) mass is 367 g/mol. The van der Waals surface area contributed by atoms with Crippen molar-refractivity contribution < 1.29 is 14.6 Å². The Morgan fingerprint density at radius 1 is 1.22 bits per heavy atom. The number of rotatable bonds is 7. The quantitative estimate of drug-likeness (QED) is 0.668. The van der Waals surface area contributed by atoms with Crippen molar-refractivity contribution in [2.24, 2.45) is 0 Å². The fourth-order valence-electron chi connectivity index (χ4n) is 2.95. The van der Waals surface area contributed by atoms with Crippen molar-refractivity contribution in [1.29, 1.82) is 0 Å². The molecule has 7 heteroatoms. The van der Waals surface area contributed by atoms with E-state index in [0.29, 0.717) is 12.3 Å². The molecule has 0 bridgehead atoms. The normalized spacial score (nSPS) is 10.7. The van der Waals surface area contributed by atoms with Crippen LogP contribution in [0.1, 0.15) is 33.7 Å². The van der Waals surface area contributed by atoms with E-state index in [9.17, 15) is 14.7 Å². The van der Waals surface area contributed by atoms with Gasteiger partial charge < -0.3 is 14.4 Å². The molecule has 0 saturated carbocycles. The Morgan fingerprint density at radius 2 is 1.96 bits per heavy atom. The number of ether oxygens (including phenoxy) is 1. The number of carboxylic acid groups (broad SMARTS) is 1. The number of aryl methyl sites for hydroxylation is 3. The smallest absolute Gasteiger partial charge is 0.341 e. The predicted molar refractivity (Wildman–Crippen MR) is 101 cm³/mol. The predicted octanol–water partition coefficient (Wildman–Crippen LogP) is 3.31. The number of carbonyl (C=O) groups is 1. The van der Waals surface area contributed by atoms with Gasteiger partial charge in [0.05, 0.1) is 11.9 Å². The number of aromatic amines is 1. The molecule has 140 valence electrons. The van der Waals surface area contributed by atoms with Crippen LogP contribution in [0.25, 0.3) is 0 Å². The van der Waals surface area contributed by atoms with E-state index in [1.54, 1.807) is 35.0 Å². The maximum Gasteiger partial charge on any atom is 0.341 e. The number of hydrogen-bond donors (Lipinski definition) is 2. The highest BCUT2D eigenvalue weighted by Gasteiger charge is 2.16. The van der Waals surface area contributed by atoms with Gasteiger partial charge in [-0.05, 0) is 44.4 Å². The highest BCUT2D eigenvalue weighted by atomic mass is 16.5. The number of hydrogen-bond acceptors (Lipinski definition) is 4. The van der Waals surface area contributed by atoms with Crippen LogP contribution in [-0.2, 0) is 13.0 Å². The lowest BCUT2D eigenvalue weighted by atomic mass is 10.1. The highest BCUT2D eigenvalue weighted by Crippen LogP contribution is 2.19. The first-order valence-corrected chi connectivity index (χ1v) is 8.66. The van der Waals surface area contributed by atoms with Crippen LogP contribution in [0, 0.1) is 13.8 Å². The third-order valence-electron chi connectivity index (χ3n) is 4.37. The molecule has 2 heterocycles. The van der Waals surface area contributed by atoms with Gasteiger partial charge in [-0.15, -0.1) is 0 Å². The Balaban J connectivity index is 1.82. The second-order valence-electron chi connectivity index (χ2n) is 6.34. The molecule has 0 atom stereocenters. The minimum atomic E-state index is -1.27. The van der Waals surface area contributed by atoms with E-state index < -0.39 is 11.4 Å². The summed E-state index contributed by atoms with van der Waals surface area (Å²) in [6, 6.07) is 8.82. The van der Waals surface area contributed by atoms with Crippen LogP contribution in [0.15, 0.2) is 47.5 Å². The summed E-state index contributed by atoms with van der Waals surface area (Å²) in [5.74, 6) is -0.793. The van der Waals surface area contributed by atoms with Crippen molar-refractivity contribution in [1.82, 2.24) is 14.8 Å². The Kier molecular flexibility index (Phi) is 5.40. The van der Waals surface area contributed by atoms with Crippen molar-refractivity contribution in [3.05, 3.63) is 75.5 Å². The van der Waals surface area contributed by atoms with Gasteiger partial charge in [-0.3, -0.25) is 9.89 Å². The van der Waals surface area contributed by atoms with Crippen LogP contribution >= 0.6 is 0 Å². The van der Waals surface area contributed by atoms with Gasteiger partial charge in [-0.1, -0.05) is 18.2 Å². The van der Waals surface area contributed by atoms with Gasteiger partial charge in [0.1, 0.15) is 11.3 Å². The van der Waals surface area contributed by atoms with E-state index in [1.165, 1.54) is 6.20 Å². The number of benzene rings is 1. The average Bonchev–Trinajstić information content (AvgIpc) is 2.96. The van der Waals surface area contributed by atoms with Gasteiger partial charge in [0.25, 0.3) is 0 Å². The molecular weight excluding hydrogens is 346 g/mol. The molecule has 0 amide bonds. The zero-order valence-corrected chi connectivity index (χ0v) is 15.2. The van der Waals surface area contributed by atoms with Crippen LogP contribution in [0.2, 0.25) is 0 Å². The van der Waals surface area contributed by atoms with E-state index in [2.05, 4.69) is 10.2 Å². The van der Waals surface area contributed by atoms with Crippen molar-refractivity contribution >= 4 is 5.97 Å². The first-order valence-electron chi connectivity index (χ1n) is 8.66. The summed E-state index contributed by atoms with van der Waals surface area (Å²) in [7, 11) is 0. The molecule has 0 aliphatic heterocycles. The minimum Gasteiger partial charge on any atom is -0.477 e. The molecular formula is C20H21N3O4. The van der Waals surface area contributed by atoms with E-state index in [1.807, 2.05) is 19.9 Å². The van der Waals surface area contributed by atoms with Crippen LogP contribution in [0.5, 0.6) is 11.5 Å². The standard InChI is InChI=1S/C20H21N3O4/c1-13-16(14(2)22-21-13)9-6-10-23-11-17(20(25)26)19(24)18(12-23)27-15-7-4-3-5-8-15/h3-5,7-8,11-12H,6,9-10H2,1-2H3,(H,21,22)(H,25,26). The molecule has 0 fully saturated rings. The fraction of sp³-hybridized carbons (Fsp3) is 0.250. The van der Waals surface area contributed by atoms with Gasteiger partial charge in [0.2, 0.25) is 5.43 Å². The number of H-pyrrole nitrogens is 1. The van der Waals surface area contributed by atoms with Crippen LogP contribution < -0.4 is 10.2 Å². The van der Waals surface area contributed by atoms with E-state index in [0.717, 1.165) is 29.8 Å². The molecule has 3 rings (SSSR count). The molecule has 0 spiro atoms. The largest absolute Gasteiger partial charge is 0.477 e. The lowest BCUT2D eigenvalue weighted by Gasteiger charge is -2.12. The summed E-state index contributed by atoms with van der Waals surface area (Å²) in [6.07, 6.45) is 4.49. The van der Waals surface area contributed by atoms with Crippen molar-refractivity contribution in [3.63, 3.8) is 0 Å². The molecule has 0 aliphatic rings. The summed E-state index contributed by atoms with van der Waals surface area (Å²) in [5.41, 5.74) is 2.22. The second kappa shape index (κ2) is 7.90. The SMILES string of the molecule is Cc1n[nH]c(C)c1CCCn1cc(Oc2ccccc2)c(=O)c(C(=O)O)c1. The second-order valence-corrected chi connectivity index (χ2v) is 6.34. The molecule has 7 nitrogen and oxygen atoms in total. The lowest BCUT2D eigenvalue weighted by molar-refractivity contribution is 0.0694. The number of carboxylic acids is 1. The highest BCUT2D eigenvalue weighted by molar-refractivity contribution is 5.87. The third kappa shape index (κ3) is 4.25. The number of pyridine rings is 1. The summed E-state index contributed by atoms with van der Waals surface area (Å²) >= 11 is 0. The third-order valence-corrected chi connectivity index (χ3v) is 4.37. The maximum absolute atomic E-state index is 12.4. The zero-order chi connectivity index (χ0) is 19.4. The summed E-state index contributed by atoms with van der Waals surface area (Å²) in [5, 5.41) is 16.5. The first-order chi connectivity index (χ1) is 13.0. The zero-order valence-electron chi connectivity index (χ0n) is 15.2. The Bertz CT molecular complexity index is 986. The molecule has 0 radical (unpaired) electrons. The number of aromatic nitrogens is 3. The molecule has 27 heavy (non-hydrogen) atoms. The van der Waals surface area contributed by atoms with Crippen molar-refractivity contribution in [2.45, 2.75) is 33.2 Å². The molecule has 2 aromatic heterocycles. The van der Waals surface area contributed by atoms with Gasteiger partial charge in [0.15, 0.2) is 5.75 Å². The first kappa shape index (κ1) is 18.4. The fourth-order valence-corrected chi connectivity index (χ4v) is 2.95. The molecule has 0 aliphatic carbocycles. The van der Waals surface area contributed by atoms with Crippen LogP contribution in [0.3, 0.4) is 0 Å². The molecule has 3 aromatic rings. The lowest BCUT2D eigenvalue weighted by Crippen LogP contribution is -2.19. The molecule has 0 unspecified atom stereocenters. The van der Waals surface area contributed by atoms with E-state index in [-0.39, 0.29) is 11.3 Å². The summed E-state index contributed by atoms with van der Waals surface area (Å²) in [4.78, 5) is 23.8. The van der Waals surface area contributed by atoms with E-state index >= 15 is 0 Å². The van der Waals surface area contributed by atoms with Gasteiger partial charge in [0, 0.05) is 18.4 Å². The minimum absolute atomic E-state index is 0.00299. The number of aromatic carboxylic acids is 1. The number of nitrogens with zero attached hydrogens (tertiary/aromatic N) is 2. The summed E-state index contributed by atoms with van der Waals surface area (Å²) in [6.45, 7) is 4.48. The number of para-hydroxylation sites is 1. The van der Waals surface area contributed by atoms with Gasteiger partial charge in [-0.25, -0.2) is 4.79 Å². The molecule has 1 aromatic carbocycles. The maximum atomic E-state index is 12.4. The van der Waals surface area contributed by atoms with Crippen molar-refractivity contribution in [2.75, 3.05) is 0 Å². The average molecular weight is 367 g/mol. The molecule has 0 saturated heterocycles. The Hall–Kier alpha value is -3.35. The topological polar surface area (TPSA) is 97.2 Å². The van der Waals surface area contributed by atoms with Gasteiger partial charge in [-0.2, -0.15) is 5.10 Å². The van der Waals surface area contributed by atoms with E-state index in [4.69, 9.17) is 4.74 Å². The van der Waals surface area contributed by atoms with Crippen molar-refractivity contribution in [3.8, 4) is 11.5 Å². The Morgan fingerprint density at radius 3 is 2.59 bits per heavy atom.